The molecule has 0 amide bonds. The minimum atomic E-state index is -3.64. The third kappa shape index (κ3) is 3.44. The summed E-state index contributed by atoms with van der Waals surface area (Å²) >= 11 is 0. The minimum absolute atomic E-state index is 0.139. The monoisotopic (exact) mass is 389 g/mol. The first-order valence-corrected chi connectivity index (χ1v) is 10.2. The van der Waals surface area contributed by atoms with Crippen LogP contribution in [0.25, 0.3) is 0 Å². The fourth-order valence-electron chi connectivity index (χ4n) is 3.61. The Morgan fingerprint density at radius 1 is 1.07 bits per heavy atom. The molecular weight excluding hydrogens is 366 g/mol. The molecule has 0 radical (unpaired) electrons. The van der Waals surface area contributed by atoms with E-state index in [1.165, 1.54) is 11.4 Å². The van der Waals surface area contributed by atoms with Crippen LogP contribution in [0.5, 0.6) is 5.75 Å². The van der Waals surface area contributed by atoms with Gasteiger partial charge in [0.1, 0.15) is 5.75 Å². The molecule has 3 rings (SSSR count). The second-order valence-corrected chi connectivity index (χ2v) is 8.74. The fraction of sp³-hybridized carbons (Fsp3) is 0.350. The van der Waals surface area contributed by atoms with Crippen molar-refractivity contribution in [1.82, 2.24) is 4.31 Å². The van der Waals surface area contributed by atoms with Gasteiger partial charge >= 0.3 is 5.97 Å². The van der Waals surface area contributed by atoms with Gasteiger partial charge in [-0.25, -0.2) is 8.42 Å². The maximum atomic E-state index is 12.9. The Bertz CT molecular complexity index is 929. The average molecular weight is 389 g/mol. The molecule has 0 unspecified atom stereocenters. The number of benzene rings is 2. The van der Waals surface area contributed by atoms with E-state index in [-0.39, 0.29) is 30.8 Å². The van der Waals surface area contributed by atoms with Crippen LogP contribution in [0.1, 0.15) is 24.0 Å². The molecule has 144 valence electrons. The summed E-state index contributed by atoms with van der Waals surface area (Å²) in [5.74, 6) is -0.450. The summed E-state index contributed by atoms with van der Waals surface area (Å²) in [6, 6.07) is 13.7. The summed E-state index contributed by atoms with van der Waals surface area (Å²) < 4.78 is 32.5. The second kappa shape index (κ2) is 7.32. The summed E-state index contributed by atoms with van der Waals surface area (Å²) in [6.07, 6.45) is 0.377. The molecule has 0 aliphatic carbocycles. The number of aliphatic carboxylic acids is 1. The number of rotatable bonds is 5. The van der Waals surface area contributed by atoms with Gasteiger partial charge in [0.2, 0.25) is 10.0 Å². The number of carbonyl (C=O) groups is 1. The van der Waals surface area contributed by atoms with Crippen LogP contribution in [0.3, 0.4) is 0 Å². The van der Waals surface area contributed by atoms with Gasteiger partial charge in [-0.2, -0.15) is 4.31 Å². The number of carboxylic acid groups (broad SMARTS) is 1. The molecule has 27 heavy (non-hydrogen) atoms. The topological polar surface area (TPSA) is 83.9 Å². The van der Waals surface area contributed by atoms with Crippen LogP contribution in [-0.2, 0) is 20.2 Å². The summed E-state index contributed by atoms with van der Waals surface area (Å²) in [6.45, 7) is 2.17. The lowest BCUT2D eigenvalue weighted by Crippen LogP contribution is -2.49. The maximum absolute atomic E-state index is 12.9. The molecule has 0 spiro atoms. The molecule has 0 aromatic heterocycles. The first kappa shape index (κ1) is 19.4. The Hall–Kier alpha value is -2.38. The summed E-state index contributed by atoms with van der Waals surface area (Å²) in [5, 5.41) is 9.98. The molecular formula is C20H23NO5S. The van der Waals surface area contributed by atoms with E-state index in [4.69, 9.17) is 4.74 Å². The van der Waals surface area contributed by atoms with E-state index in [1.54, 1.807) is 48.5 Å². The molecule has 1 N–H and O–H groups in total. The third-order valence-corrected chi connectivity index (χ3v) is 7.18. The molecule has 1 aliphatic rings. The minimum Gasteiger partial charge on any atom is -0.496 e. The van der Waals surface area contributed by atoms with E-state index in [1.807, 2.05) is 6.92 Å². The van der Waals surface area contributed by atoms with E-state index >= 15 is 0 Å². The lowest BCUT2D eigenvalue weighted by molar-refractivity contribution is -0.145. The molecule has 2 aromatic carbocycles. The van der Waals surface area contributed by atoms with Crippen molar-refractivity contribution in [3.8, 4) is 5.75 Å². The van der Waals surface area contributed by atoms with Gasteiger partial charge in [-0.05, 0) is 38.0 Å². The highest BCUT2D eigenvalue weighted by atomic mass is 32.2. The Morgan fingerprint density at radius 3 is 2.22 bits per heavy atom. The lowest BCUT2D eigenvalue weighted by atomic mass is 9.73. The van der Waals surface area contributed by atoms with Gasteiger partial charge in [-0.3, -0.25) is 4.79 Å². The lowest BCUT2D eigenvalue weighted by Gasteiger charge is -2.39. The zero-order chi connectivity index (χ0) is 19.7. The summed E-state index contributed by atoms with van der Waals surface area (Å²) in [7, 11) is -2.14. The van der Waals surface area contributed by atoms with E-state index in [9.17, 15) is 18.3 Å². The van der Waals surface area contributed by atoms with Crippen LogP contribution < -0.4 is 4.74 Å². The van der Waals surface area contributed by atoms with E-state index in [0.717, 1.165) is 5.56 Å². The second-order valence-electron chi connectivity index (χ2n) is 6.80. The number of para-hydroxylation sites is 1. The number of carboxylic acids is 1. The highest BCUT2D eigenvalue weighted by molar-refractivity contribution is 7.89. The Labute approximate surface area is 159 Å². The molecule has 1 saturated heterocycles. The van der Waals surface area contributed by atoms with Crippen LogP contribution >= 0.6 is 0 Å². The first-order chi connectivity index (χ1) is 12.8. The number of piperidine rings is 1. The van der Waals surface area contributed by atoms with E-state index < -0.39 is 21.4 Å². The quantitative estimate of drug-likeness (QED) is 0.850. The smallest absolute Gasteiger partial charge is 0.314 e. The highest BCUT2D eigenvalue weighted by Gasteiger charge is 2.46. The number of ether oxygens (including phenoxy) is 1. The van der Waals surface area contributed by atoms with Gasteiger partial charge in [0.15, 0.2) is 0 Å². The number of hydrogen-bond acceptors (Lipinski definition) is 4. The Morgan fingerprint density at radius 2 is 1.67 bits per heavy atom. The number of sulfonamides is 1. The number of aryl methyl sites for hydroxylation is 1. The van der Waals surface area contributed by atoms with Crippen molar-refractivity contribution in [1.29, 1.82) is 0 Å². The van der Waals surface area contributed by atoms with Gasteiger partial charge in [0.25, 0.3) is 0 Å². The third-order valence-electron chi connectivity index (χ3n) is 5.27. The molecule has 2 aromatic rings. The van der Waals surface area contributed by atoms with Crippen molar-refractivity contribution in [2.24, 2.45) is 0 Å². The van der Waals surface area contributed by atoms with Crippen LogP contribution in [0.4, 0.5) is 0 Å². The summed E-state index contributed by atoms with van der Waals surface area (Å²) in [4.78, 5) is 12.4. The number of hydrogen-bond donors (Lipinski definition) is 1. The molecule has 1 heterocycles. The number of methoxy groups -OCH3 is 1. The van der Waals surface area contributed by atoms with Crippen LogP contribution in [0.2, 0.25) is 0 Å². The predicted molar refractivity (Wildman–Crippen MR) is 101 cm³/mol. The van der Waals surface area contributed by atoms with Crippen LogP contribution in [0.15, 0.2) is 53.4 Å². The van der Waals surface area contributed by atoms with E-state index in [0.29, 0.717) is 11.3 Å². The molecule has 6 nitrogen and oxygen atoms in total. The van der Waals surface area contributed by atoms with Crippen molar-refractivity contribution in [2.45, 2.75) is 30.1 Å². The average Bonchev–Trinajstić information content (AvgIpc) is 2.68. The zero-order valence-electron chi connectivity index (χ0n) is 15.4. The standard InChI is InChI=1S/C20H23NO5S/c1-15-7-9-16(10-8-15)27(24,25)21-13-11-20(12-14-21,19(22)23)17-5-3-4-6-18(17)26-2/h3-10H,11-14H2,1-2H3,(H,22,23). The van der Waals surface area contributed by atoms with Crippen molar-refractivity contribution in [3.63, 3.8) is 0 Å². The maximum Gasteiger partial charge on any atom is 0.314 e. The number of nitrogens with zero attached hydrogens (tertiary/aromatic N) is 1. The van der Waals surface area contributed by atoms with Gasteiger partial charge in [-0.1, -0.05) is 35.9 Å². The normalized spacial score (nSPS) is 17.4. The van der Waals surface area contributed by atoms with Crippen LogP contribution in [-0.4, -0.2) is 44.0 Å². The largest absolute Gasteiger partial charge is 0.496 e. The molecule has 0 atom stereocenters. The molecule has 0 saturated carbocycles. The van der Waals surface area contributed by atoms with Crippen LogP contribution in [0, 0.1) is 6.92 Å². The molecule has 0 bridgehead atoms. The predicted octanol–water partition coefficient (Wildman–Crippen LogP) is 2.81. The fourth-order valence-corrected chi connectivity index (χ4v) is 5.05. The molecule has 1 aliphatic heterocycles. The van der Waals surface area contributed by atoms with Gasteiger partial charge < -0.3 is 9.84 Å². The first-order valence-electron chi connectivity index (χ1n) is 8.75. The SMILES string of the molecule is COc1ccccc1C1(C(=O)O)CCN(S(=O)(=O)c2ccc(C)cc2)CC1. The van der Waals surface area contributed by atoms with Gasteiger partial charge in [0.05, 0.1) is 17.4 Å². The Kier molecular flexibility index (Phi) is 5.26. The highest BCUT2D eigenvalue weighted by Crippen LogP contribution is 2.41. The van der Waals surface area contributed by atoms with E-state index in [2.05, 4.69) is 0 Å². The Balaban J connectivity index is 1.89. The van der Waals surface area contributed by atoms with Gasteiger partial charge in [-0.15, -0.1) is 0 Å². The van der Waals surface area contributed by atoms with Gasteiger partial charge in [0, 0.05) is 18.7 Å². The van der Waals surface area contributed by atoms with Crippen molar-refractivity contribution in [3.05, 3.63) is 59.7 Å². The summed E-state index contributed by atoms with van der Waals surface area (Å²) in [5.41, 5.74) is 0.410. The molecule has 7 heteroatoms. The zero-order valence-corrected chi connectivity index (χ0v) is 16.2. The van der Waals surface area contributed by atoms with Crippen molar-refractivity contribution in [2.75, 3.05) is 20.2 Å². The van der Waals surface area contributed by atoms with Crippen molar-refractivity contribution < 1.29 is 23.1 Å². The molecule has 1 fully saturated rings. The van der Waals surface area contributed by atoms with Crippen molar-refractivity contribution >= 4 is 16.0 Å².